The first-order valence-electron chi connectivity index (χ1n) is 26.1. The Bertz CT molecular complexity index is 1320. The van der Waals surface area contributed by atoms with Crippen molar-refractivity contribution in [1.29, 1.82) is 0 Å². The fourth-order valence-electron chi connectivity index (χ4n) is 6.68. The van der Waals surface area contributed by atoms with Crippen molar-refractivity contribution in [3.05, 3.63) is 122 Å². The lowest BCUT2D eigenvalue weighted by molar-refractivity contribution is -0.163. The maximum Gasteiger partial charge on any atom is 0.306 e. The molecule has 362 valence electrons. The van der Waals surface area contributed by atoms with Crippen LogP contribution >= 0.6 is 0 Å². The predicted molar refractivity (Wildman–Crippen MR) is 279 cm³/mol. The van der Waals surface area contributed by atoms with Crippen molar-refractivity contribution in [3.63, 3.8) is 0 Å². The normalized spacial score (nSPS) is 13.2. The monoisotopic (exact) mass is 885 g/mol. The van der Waals surface area contributed by atoms with E-state index in [2.05, 4.69) is 142 Å². The lowest BCUT2D eigenvalue weighted by Gasteiger charge is -2.18. The molecular weight excluding hydrogens is 789 g/mol. The van der Waals surface area contributed by atoms with Crippen LogP contribution in [0.15, 0.2) is 122 Å². The Labute approximate surface area is 395 Å². The maximum atomic E-state index is 12.8. The molecular formula is C59H96O5. The summed E-state index contributed by atoms with van der Waals surface area (Å²) in [6.07, 6.45) is 75.0. The second-order valence-electron chi connectivity index (χ2n) is 16.7. The first-order valence-corrected chi connectivity index (χ1v) is 26.1. The van der Waals surface area contributed by atoms with Gasteiger partial charge in [0, 0.05) is 19.4 Å². The third-order valence-electron chi connectivity index (χ3n) is 10.5. The van der Waals surface area contributed by atoms with E-state index in [9.17, 15) is 9.59 Å². The molecule has 0 spiro atoms. The van der Waals surface area contributed by atoms with E-state index in [0.717, 1.165) is 128 Å². The fourth-order valence-corrected chi connectivity index (χ4v) is 6.68. The van der Waals surface area contributed by atoms with E-state index in [1.54, 1.807) is 0 Å². The molecule has 0 aromatic carbocycles. The van der Waals surface area contributed by atoms with Gasteiger partial charge in [-0.05, 0) is 109 Å². The van der Waals surface area contributed by atoms with Crippen LogP contribution in [0.1, 0.15) is 213 Å². The third kappa shape index (κ3) is 50.9. The third-order valence-corrected chi connectivity index (χ3v) is 10.5. The molecule has 0 bridgehead atoms. The van der Waals surface area contributed by atoms with Gasteiger partial charge in [-0.15, -0.1) is 0 Å². The Kier molecular flexibility index (Phi) is 50.5. The van der Waals surface area contributed by atoms with Crippen molar-refractivity contribution in [1.82, 2.24) is 0 Å². The van der Waals surface area contributed by atoms with E-state index in [1.807, 2.05) is 0 Å². The van der Waals surface area contributed by atoms with E-state index in [4.69, 9.17) is 14.2 Å². The van der Waals surface area contributed by atoms with Crippen LogP contribution in [0.25, 0.3) is 0 Å². The molecule has 0 fully saturated rings. The molecule has 0 saturated carbocycles. The van der Waals surface area contributed by atoms with Crippen molar-refractivity contribution in [2.45, 2.75) is 219 Å². The highest BCUT2D eigenvalue weighted by molar-refractivity contribution is 5.70. The number of rotatable bonds is 46. The van der Waals surface area contributed by atoms with Gasteiger partial charge in [0.15, 0.2) is 6.10 Å². The molecule has 5 heteroatoms. The van der Waals surface area contributed by atoms with Gasteiger partial charge in [-0.1, -0.05) is 213 Å². The number of hydrogen-bond donors (Lipinski definition) is 0. The Morgan fingerprint density at radius 2 is 0.703 bits per heavy atom. The number of esters is 2. The highest BCUT2D eigenvalue weighted by atomic mass is 16.6. The van der Waals surface area contributed by atoms with Crippen LogP contribution in [0.3, 0.4) is 0 Å². The highest BCUT2D eigenvalue weighted by Gasteiger charge is 2.17. The van der Waals surface area contributed by atoms with E-state index < -0.39 is 6.10 Å². The van der Waals surface area contributed by atoms with Gasteiger partial charge in [0.1, 0.15) is 6.61 Å². The molecule has 0 aliphatic heterocycles. The van der Waals surface area contributed by atoms with Crippen molar-refractivity contribution < 1.29 is 23.8 Å². The van der Waals surface area contributed by atoms with Crippen LogP contribution in [0.4, 0.5) is 0 Å². The SMILES string of the molecule is CC/C=C\C/C=C\C/C=C\C/C=C\C/C=C\CCCCCC(=O)OCC(COCCCC/C=C\C/C=C\C/C=C\C/C=C\C/C=C\CC)OC(=O)CCCCCCCCCCCCC. The molecule has 0 aromatic rings. The zero-order valence-corrected chi connectivity index (χ0v) is 41.5. The average Bonchev–Trinajstić information content (AvgIpc) is 3.30. The number of unbranched alkanes of at least 4 members (excludes halogenated alkanes) is 15. The fraction of sp³-hybridized carbons (Fsp3) is 0.627. The molecule has 0 aromatic heterocycles. The van der Waals surface area contributed by atoms with Gasteiger partial charge in [-0.25, -0.2) is 0 Å². The molecule has 0 aliphatic carbocycles. The highest BCUT2D eigenvalue weighted by Crippen LogP contribution is 2.13. The van der Waals surface area contributed by atoms with Crippen LogP contribution < -0.4 is 0 Å². The summed E-state index contributed by atoms with van der Waals surface area (Å²) >= 11 is 0. The Hall–Kier alpha value is -3.70. The molecule has 64 heavy (non-hydrogen) atoms. The topological polar surface area (TPSA) is 61.8 Å². The van der Waals surface area contributed by atoms with E-state index in [0.29, 0.717) is 19.4 Å². The second-order valence-corrected chi connectivity index (χ2v) is 16.7. The summed E-state index contributed by atoms with van der Waals surface area (Å²) in [4.78, 5) is 25.4. The van der Waals surface area contributed by atoms with Gasteiger partial charge in [-0.3, -0.25) is 9.59 Å². The van der Waals surface area contributed by atoms with Gasteiger partial charge in [0.05, 0.1) is 6.61 Å². The number of allylic oxidation sites excluding steroid dienone is 20. The number of carbonyl (C=O) groups is 2. The van der Waals surface area contributed by atoms with E-state index >= 15 is 0 Å². The first-order chi connectivity index (χ1) is 31.6. The Morgan fingerprint density at radius 1 is 0.359 bits per heavy atom. The summed E-state index contributed by atoms with van der Waals surface area (Å²) in [5, 5.41) is 0. The standard InChI is InChI=1S/C59H96O5/c1-4-7-10-13-16-19-22-24-26-28-30-31-33-35-38-40-43-46-49-52-58(60)63-56-57(64-59(61)53-50-47-44-41-37-21-18-15-12-9-6-3)55-62-54-51-48-45-42-39-36-34-32-29-27-25-23-20-17-14-11-8-5-2/h7-8,10-11,16-17,19-20,24-27,30-32,34-35,38-39,42,57H,4-6,9,12-15,18,21-23,28-29,33,36-37,40-41,43-56H2,1-3H3/b10-7-,11-8-,19-16-,20-17-,26-24-,27-25-,31-30-,34-32-,38-35-,42-39-. The van der Waals surface area contributed by atoms with Crippen molar-refractivity contribution in [2.24, 2.45) is 0 Å². The quantitative estimate of drug-likeness (QED) is 0.0346. The molecule has 1 atom stereocenters. The zero-order chi connectivity index (χ0) is 46.3. The van der Waals surface area contributed by atoms with Crippen molar-refractivity contribution >= 4 is 11.9 Å². The molecule has 0 saturated heterocycles. The number of hydrogen-bond acceptors (Lipinski definition) is 5. The molecule has 0 rings (SSSR count). The predicted octanol–water partition coefficient (Wildman–Crippen LogP) is 17.8. The molecule has 5 nitrogen and oxygen atoms in total. The molecule has 0 amide bonds. The minimum Gasteiger partial charge on any atom is -0.462 e. The zero-order valence-electron chi connectivity index (χ0n) is 41.5. The summed E-state index contributed by atoms with van der Waals surface area (Å²) in [5.41, 5.74) is 0. The van der Waals surface area contributed by atoms with Crippen LogP contribution in [0, 0.1) is 0 Å². The van der Waals surface area contributed by atoms with Gasteiger partial charge in [-0.2, -0.15) is 0 Å². The summed E-state index contributed by atoms with van der Waals surface area (Å²) < 4.78 is 17.3. The van der Waals surface area contributed by atoms with Gasteiger partial charge >= 0.3 is 11.9 Å². The molecule has 1 unspecified atom stereocenters. The maximum absolute atomic E-state index is 12.8. The Balaban J connectivity index is 4.40. The van der Waals surface area contributed by atoms with E-state index in [-0.39, 0.29) is 25.2 Å². The van der Waals surface area contributed by atoms with Crippen LogP contribution in [-0.2, 0) is 23.8 Å². The molecule has 0 heterocycles. The van der Waals surface area contributed by atoms with Gasteiger partial charge in [0.2, 0.25) is 0 Å². The van der Waals surface area contributed by atoms with Crippen LogP contribution in [0.2, 0.25) is 0 Å². The van der Waals surface area contributed by atoms with Crippen molar-refractivity contribution in [3.8, 4) is 0 Å². The second kappa shape index (κ2) is 53.6. The molecule has 0 radical (unpaired) electrons. The summed E-state index contributed by atoms with van der Waals surface area (Å²) in [6, 6.07) is 0. The largest absolute Gasteiger partial charge is 0.462 e. The first kappa shape index (κ1) is 60.3. The van der Waals surface area contributed by atoms with Crippen LogP contribution in [-0.4, -0.2) is 37.9 Å². The summed E-state index contributed by atoms with van der Waals surface area (Å²) in [5.74, 6) is -0.465. The molecule has 0 N–H and O–H groups in total. The summed E-state index contributed by atoms with van der Waals surface area (Å²) in [7, 11) is 0. The lowest BCUT2D eigenvalue weighted by Crippen LogP contribution is -2.30. The minimum absolute atomic E-state index is 0.0445. The number of ether oxygens (including phenoxy) is 3. The molecule has 0 aliphatic rings. The smallest absolute Gasteiger partial charge is 0.306 e. The summed E-state index contributed by atoms with van der Waals surface area (Å²) in [6.45, 7) is 7.45. The van der Waals surface area contributed by atoms with Gasteiger partial charge in [0.25, 0.3) is 0 Å². The number of carbonyl (C=O) groups excluding carboxylic acids is 2. The Morgan fingerprint density at radius 3 is 1.12 bits per heavy atom. The van der Waals surface area contributed by atoms with Crippen molar-refractivity contribution in [2.75, 3.05) is 19.8 Å². The van der Waals surface area contributed by atoms with E-state index in [1.165, 1.54) is 51.4 Å². The van der Waals surface area contributed by atoms with Crippen LogP contribution in [0.5, 0.6) is 0 Å². The van der Waals surface area contributed by atoms with Gasteiger partial charge < -0.3 is 14.2 Å². The average molecular weight is 885 g/mol. The lowest BCUT2D eigenvalue weighted by atomic mass is 10.1. The minimum atomic E-state index is -0.578.